The summed E-state index contributed by atoms with van der Waals surface area (Å²) in [5, 5.41) is -1.53. The van der Waals surface area contributed by atoms with Crippen LogP contribution in [0.25, 0.3) is 0 Å². The molecule has 5 nitrogen and oxygen atoms in total. The summed E-state index contributed by atoms with van der Waals surface area (Å²) in [5.74, 6) is -0.601. The Labute approximate surface area is 94.0 Å². The second-order valence-corrected chi connectivity index (χ2v) is 4.97. The molecule has 0 spiro atoms. The summed E-state index contributed by atoms with van der Waals surface area (Å²) in [6.07, 6.45) is -0.0531. The van der Waals surface area contributed by atoms with Crippen LogP contribution in [-0.4, -0.2) is 30.5 Å². The van der Waals surface area contributed by atoms with Crippen LogP contribution >= 0.6 is 0 Å². The van der Waals surface area contributed by atoms with Gasteiger partial charge in [0.05, 0.1) is 0 Å². The molecule has 1 unspecified atom stereocenters. The van der Waals surface area contributed by atoms with E-state index in [2.05, 4.69) is 0 Å². The Morgan fingerprint density at radius 2 is 1.88 bits per heavy atom. The fourth-order valence-corrected chi connectivity index (χ4v) is 1.99. The number of hydrogen-bond acceptors (Lipinski definition) is 4. The Morgan fingerprint density at radius 3 is 2.31 bits per heavy atom. The highest BCUT2D eigenvalue weighted by Gasteiger charge is 2.28. The van der Waals surface area contributed by atoms with Crippen LogP contribution in [0.4, 0.5) is 0 Å². The smallest absolute Gasteiger partial charge is 0.276 e. The van der Waals surface area contributed by atoms with Crippen molar-refractivity contribution in [2.24, 2.45) is 5.73 Å². The highest BCUT2D eigenvalue weighted by atomic mass is 32.2. The average molecular weight is 243 g/mol. The van der Waals surface area contributed by atoms with Gasteiger partial charge in [-0.1, -0.05) is 30.3 Å². The van der Waals surface area contributed by atoms with Gasteiger partial charge in [0.2, 0.25) is 0 Å². The molecular weight excluding hydrogens is 230 g/mol. The van der Waals surface area contributed by atoms with Gasteiger partial charge in [0.25, 0.3) is 10.1 Å². The molecule has 1 aromatic carbocycles. The summed E-state index contributed by atoms with van der Waals surface area (Å²) in [6, 6.07) is 8.68. The van der Waals surface area contributed by atoms with Crippen molar-refractivity contribution in [2.75, 3.05) is 6.54 Å². The Bertz CT molecular complexity index is 455. The van der Waals surface area contributed by atoms with Gasteiger partial charge in [-0.15, -0.1) is 0 Å². The Balaban J connectivity index is 2.80. The van der Waals surface area contributed by atoms with Gasteiger partial charge in [0.1, 0.15) is 0 Å². The molecule has 3 N–H and O–H groups in total. The highest BCUT2D eigenvalue weighted by molar-refractivity contribution is 7.87. The van der Waals surface area contributed by atoms with Crippen LogP contribution < -0.4 is 5.73 Å². The molecule has 1 rings (SSSR count). The van der Waals surface area contributed by atoms with Crippen LogP contribution in [0, 0.1) is 0 Å². The SMILES string of the molecule is NCC(C(=O)Cc1ccccc1)S(=O)(=O)O. The van der Waals surface area contributed by atoms with E-state index in [0.717, 1.165) is 0 Å². The quantitative estimate of drug-likeness (QED) is 0.710. The van der Waals surface area contributed by atoms with Crippen molar-refractivity contribution in [1.29, 1.82) is 0 Å². The molecule has 0 heterocycles. The van der Waals surface area contributed by atoms with E-state index in [0.29, 0.717) is 5.56 Å². The molecule has 0 aliphatic carbocycles. The van der Waals surface area contributed by atoms with Crippen LogP contribution in [0.3, 0.4) is 0 Å². The molecular formula is C10H13NO4S. The highest BCUT2D eigenvalue weighted by Crippen LogP contribution is 2.06. The van der Waals surface area contributed by atoms with Crippen LogP contribution in [0.5, 0.6) is 0 Å². The van der Waals surface area contributed by atoms with E-state index >= 15 is 0 Å². The predicted molar refractivity (Wildman–Crippen MR) is 59.5 cm³/mol. The van der Waals surface area contributed by atoms with Gasteiger partial charge in [-0.2, -0.15) is 8.42 Å². The first-order valence-electron chi connectivity index (χ1n) is 4.68. The minimum atomic E-state index is -4.41. The molecule has 0 aromatic heterocycles. The van der Waals surface area contributed by atoms with Crippen molar-refractivity contribution in [3.05, 3.63) is 35.9 Å². The van der Waals surface area contributed by atoms with E-state index in [4.69, 9.17) is 10.3 Å². The molecule has 0 aliphatic heterocycles. The van der Waals surface area contributed by atoms with Crippen molar-refractivity contribution < 1.29 is 17.8 Å². The van der Waals surface area contributed by atoms with Crippen molar-refractivity contribution in [3.63, 3.8) is 0 Å². The molecule has 1 aromatic rings. The van der Waals surface area contributed by atoms with E-state index in [-0.39, 0.29) is 6.42 Å². The maximum atomic E-state index is 11.6. The third-order valence-corrected chi connectivity index (χ3v) is 3.33. The maximum Gasteiger partial charge on any atom is 0.276 e. The molecule has 16 heavy (non-hydrogen) atoms. The molecule has 0 amide bonds. The van der Waals surface area contributed by atoms with Crippen LogP contribution in [0.1, 0.15) is 5.56 Å². The molecule has 88 valence electrons. The monoisotopic (exact) mass is 243 g/mol. The topological polar surface area (TPSA) is 97.5 Å². The van der Waals surface area contributed by atoms with Gasteiger partial charge in [-0.05, 0) is 5.56 Å². The standard InChI is InChI=1S/C10H13NO4S/c11-7-10(16(13,14)15)9(12)6-8-4-2-1-3-5-8/h1-5,10H,6-7,11H2,(H,13,14,15). The lowest BCUT2D eigenvalue weighted by Crippen LogP contribution is -2.37. The van der Waals surface area contributed by atoms with E-state index in [1.54, 1.807) is 30.3 Å². The lowest BCUT2D eigenvalue weighted by Gasteiger charge is -2.09. The molecule has 0 aliphatic rings. The molecule has 0 saturated carbocycles. The van der Waals surface area contributed by atoms with Crippen molar-refractivity contribution in [1.82, 2.24) is 0 Å². The first kappa shape index (κ1) is 12.8. The van der Waals surface area contributed by atoms with Gasteiger partial charge in [0.15, 0.2) is 11.0 Å². The van der Waals surface area contributed by atoms with E-state index < -0.39 is 27.7 Å². The number of hydrogen-bond donors (Lipinski definition) is 2. The van der Waals surface area contributed by atoms with Crippen molar-refractivity contribution in [2.45, 2.75) is 11.7 Å². The number of rotatable bonds is 5. The summed E-state index contributed by atoms with van der Waals surface area (Å²) in [6.45, 7) is -0.412. The molecule has 0 fully saturated rings. The number of nitrogens with two attached hydrogens (primary N) is 1. The van der Waals surface area contributed by atoms with Crippen LogP contribution in [0.2, 0.25) is 0 Å². The molecule has 0 saturated heterocycles. The maximum absolute atomic E-state index is 11.6. The van der Waals surface area contributed by atoms with E-state index in [1.165, 1.54) is 0 Å². The summed E-state index contributed by atoms with van der Waals surface area (Å²) < 4.78 is 30.5. The summed E-state index contributed by atoms with van der Waals surface area (Å²) >= 11 is 0. The normalized spacial score (nSPS) is 13.4. The fraction of sp³-hybridized carbons (Fsp3) is 0.300. The predicted octanol–water partition coefficient (Wildman–Crippen LogP) is 0.0133. The fourth-order valence-electron chi connectivity index (χ4n) is 1.33. The third kappa shape index (κ3) is 3.41. The zero-order valence-corrected chi connectivity index (χ0v) is 9.35. The first-order valence-corrected chi connectivity index (χ1v) is 6.18. The van der Waals surface area contributed by atoms with Crippen LogP contribution in [-0.2, 0) is 21.3 Å². The Morgan fingerprint density at radius 1 is 1.31 bits per heavy atom. The minimum Gasteiger partial charge on any atom is -0.329 e. The second-order valence-electron chi connectivity index (χ2n) is 3.37. The number of carbonyl (C=O) groups excluding carboxylic acids is 1. The summed E-state index contributed by atoms with van der Waals surface area (Å²) in [5.41, 5.74) is 5.84. The number of ketones is 1. The van der Waals surface area contributed by atoms with Gasteiger partial charge in [-0.3, -0.25) is 9.35 Å². The molecule has 6 heteroatoms. The third-order valence-electron chi connectivity index (χ3n) is 2.15. The second kappa shape index (κ2) is 5.20. The van der Waals surface area contributed by atoms with Gasteiger partial charge in [-0.25, -0.2) is 0 Å². The Kier molecular flexibility index (Phi) is 4.17. The zero-order chi connectivity index (χ0) is 12.2. The lowest BCUT2D eigenvalue weighted by atomic mass is 10.1. The average Bonchev–Trinajstić information content (AvgIpc) is 2.17. The number of Topliss-reactive ketones (excluding diaryl/α,β-unsaturated/α-hetero) is 1. The number of carbonyl (C=O) groups is 1. The summed E-state index contributed by atoms with van der Waals surface area (Å²) in [7, 11) is -4.41. The van der Waals surface area contributed by atoms with Gasteiger partial charge in [0, 0.05) is 13.0 Å². The van der Waals surface area contributed by atoms with Crippen LogP contribution in [0.15, 0.2) is 30.3 Å². The van der Waals surface area contributed by atoms with Gasteiger partial charge < -0.3 is 5.73 Å². The summed E-state index contributed by atoms with van der Waals surface area (Å²) in [4.78, 5) is 11.6. The van der Waals surface area contributed by atoms with E-state index in [1.807, 2.05) is 0 Å². The van der Waals surface area contributed by atoms with Crippen molar-refractivity contribution >= 4 is 15.9 Å². The van der Waals surface area contributed by atoms with Gasteiger partial charge >= 0.3 is 0 Å². The minimum absolute atomic E-state index is 0.0531. The molecule has 0 radical (unpaired) electrons. The largest absolute Gasteiger partial charge is 0.329 e. The molecule has 0 bridgehead atoms. The first-order chi connectivity index (χ1) is 7.45. The van der Waals surface area contributed by atoms with E-state index in [9.17, 15) is 13.2 Å². The zero-order valence-electron chi connectivity index (χ0n) is 8.54. The Hall–Kier alpha value is -1.24. The molecule has 1 atom stereocenters. The van der Waals surface area contributed by atoms with Crippen molar-refractivity contribution in [3.8, 4) is 0 Å². The lowest BCUT2D eigenvalue weighted by molar-refractivity contribution is -0.118. The number of benzene rings is 1.